The monoisotopic (exact) mass is 220 g/mol. The van der Waals surface area contributed by atoms with E-state index in [-0.39, 0.29) is 0 Å². The molecule has 0 heterocycles. The van der Waals surface area contributed by atoms with Gasteiger partial charge in [0.15, 0.2) is 0 Å². The summed E-state index contributed by atoms with van der Waals surface area (Å²) >= 11 is 0. The van der Waals surface area contributed by atoms with Crippen molar-refractivity contribution in [3.63, 3.8) is 0 Å². The topological polar surface area (TPSA) is 17.1 Å². The van der Waals surface area contributed by atoms with Crippen LogP contribution in [-0.2, 0) is 4.79 Å². The zero-order valence-corrected chi connectivity index (χ0v) is 11.0. The molecule has 0 aromatic carbocycles. The van der Waals surface area contributed by atoms with Gasteiger partial charge >= 0.3 is 0 Å². The number of carbonyl (C=O) groups is 1. The Labute approximate surface area is 99.6 Å². The van der Waals surface area contributed by atoms with Crippen LogP contribution in [0.4, 0.5) is 0 Å². The molecule has 0 aliphatic heterocycles. The van der Waals surface area contributed by atoms with E-state index in [1.165, 1.54) is 30.4 Å². The van der Waals surface area contributed by atoms with Crippen LogP contribution in [0.5, 0.6) is 0 Å². The third kappa shape index (κ3) is 3.33. The SMILES string of the molecule is CC1=CCCC(C)(C)C1CC/C(C)=C/C=O. The highest BCUT2D eigenvalue weighted by atomic mass is 16.1. The van der Waals surface area contributed by atoms with Crippen molar-refractivity contribution >= 4 is 6.29 Å². The van der Waals surface area contributed by atoms with Crippen molar-refractivity contribution in [2.45, 2.75) is 53.4 Å². The van der Waals surface area contributed by atoms with Gasteiger partial charge in [0.2, 0.25) is 0 Å². The van der Waals surface area contributed by atoms with E-state index in [0.717, 1.165) is 12.7 Å². The molecular formula is C15H24O. The molecule has 0 saturated carbocycles. The first-order valence-electron chi connectivity index (χ1n) is 6.25. The van der Waals surface area contributed by atoms with Crippen molar-refractivity contribution < 1.29 is 4.79 Å². The molecule has 1 atom stereocenters. The lowest BCUT2D eigenvalue weighted by Crippen LogP contribution is -2.27. The van der Waals surface area contributed by atoms with Crippen LogP contribution < -0.4 is 0 Å². The molecule has 16 heavy (non-hydrogen) atoms. The summed E-state index contributed by atoms with van der Waals surface area (Å²) in [6, 6.07) is 0. The van der Waals surface area contributed by atoms with E-state index >= 15 is 0 Å². The van der Waals surface area contributed by atoms with Gasteiger partial charge in [-0.2, -0.15) is 0 Å². The minimum atomic E-state index is 0.417. The first-order chi connectivity index (χ1) is 7.47. The summed E-state index contributed by atoms with van der Waals surface area (Å²) in [5.74, 6) is 0.677. The van der Waals surface area contributed by atoms with Crippen molar-refractivity contribution in [2.75, 3.05) is 0 Å². The molecule has 1 aliphatic rings. The second-order valence-corrected chi connectivity index (χ2v) is 5.72. The predicted molar refractivity (Wildman–Crippen MR) is 69.3 cm³/mol. The second kappa shape index (κ2) is 5.47. The fraction of sp³-hybridized carbons (Fsp3) is 0.667. The van der Waals surface area contributed by atoms with Crippen molar-refractivity contribution in [1.29, 1.82) is 0 Å². The van der Waals surface area contributed by atoms with Gasteiger partial charge in [-0.3, -0.25) is 4.79 Å². The van der Waals surface area contributed by atoms with Crippen molar-refractivity contribution in [1.82, 2.24) is 0 Å². The van der Waals surface area contributed by atoms with Crippen LogP contribution in [0.3, 0.4) is 0 Å². The maximum atomic E-state index is 10.4. The van der Waals surface area contributed by atoms with E-state index in [1.54, 1.807) is 6.08 Å². The fourth-order valence-electron chi connectivity index (χ4n) is 2.79. The van der Waals surface area contributed by atoms with Gasteiger partial charge in [0, 0.05) is 0 Å². The van der Waals surface area contributed by atoms with Crippen molar-refractivity contribution in [3.05, 3.63) is 23.3 Å². The van der Waals surface area contributed by atoms with E-state index in [4.69, 9.17) is 0 Å². The van der Waals surface area contributed by atoms with E-state index in [9.17, 15) is 4.79 Å². The maximum absolute atomic E-state index is 10.4. The average molecular weight is 220 g/mol. The quantitative estimate of drug-likeness (QED) is 0.392. The molecule has 0 aromatic heterocycles. The zero-order chi connectivity index (χ0) is 12.2. The zero-order valence-electron chi connectivity index (χ0n) is 11.0. The Morgan fingerprint density at radius 2 is 2.25 bits per heavy atom. The Morgan fingerprint density at radius 1 is 1.56 bits per heavy atom. The first kappa shape index (κ1) is 13.2. The molecule has 0 N–H and O–H groups in total. The largest absolute Gasteiger partial charge is 0.299 e. The van der Waals surface area contributed by atoms with E-state index in [0.29, 0.717) is 11.3 Å². The lowest BCUT2D eigenvalue weighted by Gasteiger charge is -2.38. The molecule has 0 saturated heterocycles. The summed E-state index contributed by atoms with van der Waals surface area (Å²) in [4.78, 5) is 10.4. The third-order valence-corrected chi connectivity index (χ3v) is 3.93. The van der Waals surface area contributed by atoms with Crippen LogP contribution in [0.1, 0.15) is 53.4 Å². The number of rotatable bonds is 4. The van der Waals surface area contributed by atoms with Crippen LogP contribution in [0.2, 0.25) is 0 Å². The highest BCUT2D eigenvalue weighted by molar-refractivity contribution is 5.65. The smallest absolute Gasteiger partial charge is 0.142 e. The Bertz CT molecular complexity index is 307. The molecule has 0 aromatic rings. The summed E-state index contributed by atoms with van der Waals surface area (Å²) in [5.41, 5.74) is 3.15. The van der Waals surface area contributed by atoms with Gasteiger partial charge in [-0.15, -0.1) is 0 Å². The Balaban J connectivity index is 2.64. The minimum absolute atomic E-state index is 0.417. The Morgan fingerprint density at radius 3 is 2.81 bits per heavy atom. The average Bonchev–Trinajstić information content (AvgIpc) is 2.16. The highest BCUT2D eigenvalue weighted by Gasteiger charge is 2.32. The molecule has 1 rings (SSSR count). The molecule has 0 bridgehead atoms. The molecule has 1 aliphatic carbocycles. The number of hydrogen-bond acceptors (Lipinski definition) is 1. The molecule has 90 valence electrons. The fourth-order valence-corrected chi connectivity index (χ4v) is 2.79. The normalized spacial score (nSPS) is 25.1. The van der Waals surface area contributed by atoms with Crippen LogP contribution in [0, 0.1) is 11.3 Å². The van der Waals surface area contributed by atoms with Gasteiger partial charge < -0.3 is 0 Å². The van der Waals surface area contributed by atoms with Gasteiger partial charge in [0.05, 0.1) is 0 Å². The summed E-state index contributed by atoms with van der Waals surface area (Å²) in [6.07, 6.45) is 9.68. The van der Waals surface area contributed by atoms with Crippen LogP contribution in [0.15, 0.2) is 23.3 Å². The van der Waals surface area contributed by atoms with Gasteiger partial charge in [-0.05, 0) is 56.9 Å². The second-order valence-electron chi connectivity index (χ2n) is 5.72. The lowest BCUT2D eigenvalue weighted by molar-refractivity contribution is -0.104. The van der Waals surface area contributed by atoms with Crippen LogP contribution in [-0.4, -0.2) is 6.29 Å². The number of aldehydes is 1. The molecular weight excluding hydrogens is 196 g/mol. The Kier molecular flexibility index (Phi) is 4.52. The van der Waals surface area contributed by atoms with Gasteiger partial charge in [-0.1, -0.05) is 31.1 Å². The van der Waals surface area contributed by atoms with Gasteiger partial charge in [0.1, 0.15) is 6.29 Å². The predicted octanol–water partition coefficient (Wildman–Crippen LogP) is 4.29. The van der Waals surface area contributed by atoms with E-state index in [1.807, 2.05) is 6.92 Å². The summed E-state index contributed by atoms with van der Waals surface area (Å²) in [7, 11) is 0. The lowest BCUT2D eigenvalue weighted by atomic mass is 9.67. The molecule has 1 heteroatoms. The molecule has 1 unspecified atom stereocenters. The number of hydrogen-bond donors (Lipinski definition) is 0. The standard InChI is InChI=1S/C15H24O/c1-12(9-11-16)7-8-14-13(2)6-5-10-15(14,3)4/h6,9,11,14H,5,7-8,10H2,1-4H3/b12-9+. The summed E-state index contributed by atoms with van der Waals surface area (Å²) in [5, 5.41) is 0. The van der Waals surface area contributed by atoms with E-state index < -0.39 is 0 Å². The minimum Gasteiger partial charge on any atom is -0.299 e. The maximum Gasteiger partial charge on any atom is 0.142 e. The van der Waals surface area contributed by atoms with Gasteiger partial charge in [0.25, 0.3) is 0 Å². The first-order valence-corrected chi connectivity index (χ1v) is 6.25. The molecule has 0 amide bonds. The highest BCUT2D eigenvalue weighted by Crippen LogP contribution is 2.43. The van der Waals surface area contributed by atoms with Crippen molar-refractivity contribution in [2.24, 2.45) is 11.3 Å². The van der Waals surface area contributed by atoms with Gasteiger partial charge in [-0.25, -0.2) is 0 Å². The number of allylic oxidation sites excluding steroid dienone is 4. The molecule has 0 fully saturated rings. The third-order valence-electron chi connectivity index (χ3n) is 3.93. The van der Waals surface area contributed by atoms with Crippen LogP contribution in [0.25, 0.3) is 0 Å². The molecule has 0 spiro atoms. The van der Waals surface area contributed by atoms with Crippen LogP contribution >= 0.6 is 0 Å². The Hall–Kier alpha value is -0.850. The molecule has 0 radical (unpaired) electrons. The molecule has 1 nitrogen and oxygen atoms in total. The summed E-state index contributed by atoms with van der Waals surface area (Å²) in [6.45, 7) is 9.04. The van der Waals surface area contributed by atoms with E-state index in [2.05, 4.69) is 26.8 Å². The number of carbonyl (C=O) groups excluding carboxylic acids is 1. The summed E-state index contributed by atoms with van der Waals surface area (Å²) < 4.78 is 0. The van der Waals surface area contributed by atoms with Crippen molar-refractivity contribution in [3.8, 4) is 0 Å².